The second kappa shape index (κ2) is 5.48. The highest BCUT2D eigenvalue weighted by Gasteiger charge is 2.21. The Labute approximate surface area is 104 Å². The fourth-order valence-electron chi connectivity index (χ4n) is 1.41. The molecule has 1 atom stereocenters. The Kier molecular flexibility index (Phi) is 4.50. The van der Waals surface area contributed by atoms with Crippen molar-refractivity contribution in [2.24, 2.45) is 0 Å². The molecular weight excluding hydrogens is 266 g/mol. The quantitative estimate of drug-likeness (QED) is 0.852. The molecule has 2 N–H and O–H groups in total. The third-order valence-corrected chi connectivity index (χ3v) is 3.07. The lowest BCUT2D eigenvalue weighted by Crippen LogP contribution is -2.29. The predicted molar refractivity (Wildman–Crippen MR) is 64.4 cm³/mol. The molecule has 0 saturated heterocycles. The van der Waals surface area contributed by atoms with Crippen LogP contribution in [0.15, 0.2) is 24.3 Å². The first kappa shape index (κ1) is 14.0. The van der Waals surface area contributed by atoms with Crippen LogP contribution in [0.4, 0.5) is 0 Å². The van der Waals surface area contributed by atoms with Gasteiger partial charge in [0.2, 0.25) is 10.0 Å². The van der Waals surface area contributed by atoms with Crippen LogP contribution in [0.25, 0.3) is 0 Å². The lowest BCUT2D eigenvalue weighted by atomic mass is 10.1. The molecule has 94 valence electrons. The van der Waals surface area contributed by atoms with Crippen LogP contribution in [0.2, 0.25) is 5.02 Å². The first-order valence-corrected chi connectivity index (χ1v) is 7.00. The molecule has 1 unspecified atom stereocenters. The van der Waals surface area contributed by atoms with E-state index in [9.17, 15) is 13.2 Å². The number of carboxylic acid groups (broad SMARTS) is 1. The molecule has 0 aliphatic heterocycles. The highest BCUT2D eigenvalue weighted by atomic mass is 35.5. The van der Waals surface area contributed by atoms with E-state index in [2.05, 4.69) is 4.72 Å². The van der Waals surface area contributed by atoms with Gasteiger partial charge in [0.05, 0.1) is 18.7 Å². The lowest BCUT2D eigenvalue weighted by molar-refractivity contribution is -0.137. The van der Waals surface area contributed by atoms with Gasteiger partial charge in [0.25, 0.3) is 0 Å². The van der Waals surface area contributed by atoms with Crippen LogP contribution < -0.4 is 4.72 Å². The molecule has 0 spiro atoms. The van der Waals surface area contributed by atoms with Crippen molar-refractivity contribution >= 4 is 27.6 Å². The first-order chi connectivity index (χ1) is 7.79. The average Bonchev–Trinajstić information content (AvgIpc) is 2.14. The van der Waals surface area contributed by atoms with E-state index in [4.69, 9.17) is 16.7 Å². The van der Waals surface area contributed by atoms with Crippen molar-refractivity contribution < 1.29 is 18.3 Å². The minimum Gasteiger partial charge on any atom is -0.481 e. The van der Waals surface area contributed by atoms with Crippen LogP contribution in [0, 0.1) is 0 Å². The van der Waals surface area contributed by atoms with Crippen molar-refractivity contribution in [2.75, 3.05) is 6.26 Å². The largest absolute Gasteiger partial charge is 0.481 e. The highest BCUT2D eigenvalue weighted by molar-refractivity contribution is 7.88. The SMILES string of the molecule is CS(=O)(=O)NC(CC(=O)O)c1ccccc1Cl. The third kappa shape index (κ3) is 4.72. The summed E-state index contributed by atoms with van der Waals surface area (Å²) in [5.74, 6) is -1.11. The molecule has 0 amide bonds. The van der Waals surface area contributed by atoms with Crippen molar-refractivity contribution in [1.29, 1.82) is 0 Å². The molecule has 0 radical (unpaired) electrons. The highest BCUT2D eigenvalue weighted by Crippen LogP contribution is 2.25. The van der Waals surface area contributed by atoms with Gasteiger partial charge in [0, 0.05) is 5.02 Å². The summed E-state index contributed by atoms with van der Waals surface area (Å²) < 4.78 is 24.6. The molecular formula is C10H12ClNO4S. The van der Waals surface area contributed by atoms with Crippen LogP contribution in [-0.4, -0.2) is 25.7 Å². The Bertz CT molecular complexity index is 515. The number of nitrogens with one attached hydrogen (secondary N) is 1. The van der Waals surface area contributed by atoms with Gasteiger partial charge < -0.3 is 5.11 Å². The topological polar surface area (TPSA) is 83.5 Å². The Morgan fingerprint density at radius 3 is 2.53 bits per heavy atom. The van der Waals surface area contributed by atoms with E-state index >= 15 is 0 Å². The maximum absolute atomic E-state index is 11.2. The minimum atomic E-state index is -3.51. The van der Waals surface area contributed by atoms with Gasteiger partial charge in [-0.15, -0.1) is 0 Å². The standard InChI is InChI=1S/C10H12ClNO4S/c1-17(15,16)12-9(6-10(13)14)7-4-2-3-5-8(7)11/h2-5,9,12H,6H2,1H3,(H,13,14). The summed E-state index contributed by atoms with van der Waals surface area (Å²) in [6.07, 6.45) is 0.607. The summed E-state index contributed by atoms with van der Waals surface area (Å²) in [4.78, 5) is 10.7. The molecule has 17 heavy (non-hydrogen) atoms. The van der Waals surface area contributed by atoms with Crippen LogP contribution in [0.5, 0.6) is 0 Å². The number of hydrogen-bond acceptors (Lipinski definition) is 3. The van der Waals surface area contributed by atoms with Crippen molar-refractivity contribution in [3.8, 4) is 0 Å². The van der Waals surface area contributed by atoms with Gasteiger partial charge >= 0.3 is 5.97 Å². The number of benzene rings is 1. The van der Waals surface area contributed by atoms with Gasteiger partial charge in [0.15, 0.2) is 0 Å². The summed E-state index contributed by atoms with van der Waals surface area (Å²) in [5.41, 5.74) is 0.446. The van der Waals surface area contributed by atoms with Crippen LogP contribution >= 0.6 is 11.6 Å². The number of halogens is 1. The molecule has 0 heterocycles. The molecule has 0 aromatic heterocycles. The van der Waals surface area contributed by atoms with E-state index in [1.54, 1.807) is 24.3 Å². The molecule has 7 heteroatoms. The summed E-state index contributed by atoms with van der Waals surface area (Å²) in [7, 11) is -3.51. The fourth-order valence-corrected chi connectivity index (χ4v) is 2.40. The monoisotopic (exact) mass is 277 g/mol. The molecule has 1 aromatic rings. The molecule has 0 aliphatic rings. The van der Waals surface area contributed by atoms with Crippen molar-refractivity contribution in [3.05, 3.63) is 34.9 Å². The van der Waals surface area contributed by atoms with E-state index in [-0.39, 0.29) is 6.42 Å². The zero-order chi connectivity index (χ0) is 13.1. The van der Waals surface area contributed by atoms with Crippen LogP contribution in [0.3, 0.4) is 0 Å². The summed E-state index contributed by atoms with van der Waals surface area (Å²) in [6.45, 7) is 0. The van der Waals surface area contributed by atoms with E-state index in [0.717, 1.165) is 6.26 Å². The van der Waals surface area contributed by atoms with E-state index in [0.29, 0.717) is 10.6 Å². The average molecular weight is 278 g/mol. The van der Waals surface area contributed by atoms with E-state index in [1.807, 2.05) is 0 Å². The van der Waals surface area contributed by atoms with Gasteiger partial charge in [-0.05, 0) is 11.6 Å². The normalized spacial score (nSPS) is 13.3. The molecule has 5 nitrogen and oxygen atoms in total. The molecule has 0 fully saturated rings. The number of sulfonamides is 1. The summed E-state index contributed by atoms with van der Waals surface area (Å²) in [5, 5.41) is 9.08. The minimum absolute atomic E-state index is 0.329. The van der Waals surface area contributed by atoms with Crippen molar-refractivity contribution in [1.82, 2.24) is 4.72 Å². The zero-order valence-corrected chi connectivity index (χ0v) is 10.6. The van der Waals surface area contributed by atoms with Gasteiger partial charge in [-0.2, -0.15) is 0 Å². The molecule has 1 rings (SSSR count). The van der Waals surface area contributed by atoms with Gasteiger partial charge in [0.1, 0.15) is 0 Å². The number of rotatable bonds is 5. The number of carboxylic acids is 1. The van der Waals surface area contributed by atoms with Crippen molar-refractivity contribution in [2.45, 2.75) is 12.5 Å². The van der Waals surface area contributed by atoms with E-state index < -0.39 is 22.0 Å². The number of aliphatic carboxylic acids is 1. The molecule has 0 bridgehead atoms. The van der Waals surface area contributed by atoms with Gasteiger partial charge in [-0.1, -0.05) is 29.8 Å². The smallest absolute Gasteiger partial charge is 0.305 e. The molecule has 0 aliphatic carbocycles. The predicted octanol–water partition coefficient (Wildman–Crippen LogP) is 1.40. The Balaban J connectivity index is 3.06. The number of hydrogen-bond donors (Lipinski definition) is 2. The van der Waals surface area contributed by atoms with Gasteiger partial charge in [-0.3, -0.25) is 4.79 Å². The fraction of sp³-hybridized carbons (Fsp3) is 0.300. The molecule has 1 aromatic carbocycles. The first-order valence-electron chi connectivity index (χ1n) is 4.73. The summed E-state index contributed by atoms with van der Waals surface area (Å²) >= 11 is 5.90. The van der Waals surface area contributed by atoms with Gasteiger partial charge in [-0.25, -0.2) is 13.1 Å². The molecule has 0 saturated carbocycles. The maximum atomic E-state index is 11.2. The maximum Gasteiger partial charge on any atom is 0.305 e. The Morgan fingerprint density at radius 1 is 1.47 bits per heavy atom. The Hall–Kier alpha value is -1.11. The second-order valence-electron chi connectivity index (χ2n) is 3.56. The van der Waals surface area contributed by atoms with E-state index in [1.165, 1.54) is 0 Å². The summed E-state index contributed by atoms with van der Waals surface area (Å²) in [6, 6.07) is 5.66. The zero-order valence-electron chi connectivity index (χ0n) is 9.05. The number of carbonyl (C=O) groups is 1. The lowest BCUT2D eigenvalue weighted by Gasteiger charge is -2.17. The van der Waals surface area contributed by atoms with Crippen molar-refractivity contribution in [3.63, 3.8) is 0 Å². The van der Waals surface area contributed by atoms with Crippen LogP contribution in [0.1, 0.15) is 18.0 Å². The second-order valence-corrected chi connectivity index (χ2v) is 5.75. The Morgan fingerprint density at radius 2 is 2.06 bits per heavy atom. The van der Waals surface area contributed by atoms with Crippen LogP contribution in [-0.2, 0) is 14.8 Å². The third-order valence-electron chi connectivity index (χ3n) is 2.02.